The van der Waals surface area contributed by atoms with Gasteiger partial charge in [-0.1, -0.05) is 32.4 Å². The Bertz CT molecular complexity index is 349. The minimum atomic E-state index is 0.604. The lowest BCUT2D eigenvalue weighted by Crippen LogP contribution is -2.24. The molecule has 0 atom stereocenters. The number of nitrogens with zero attached hydrogens (tertiary/aromatic N) is 1. The van der Waals surface area contributed by atoms with Crippen molar-refractivity contribution in [1.29, 1.82) is 0 Å². The number of benzene rings is 1. The molecule has 0 saturated carbocycles. The molecule has 0 radical (unpaired) electrons. The second kappa shape index (κ2) is 9.78. The number of nitrogens with one attached hydrogen (secondary N) is 1. The Kier molecular flexibility index (Phi) is 8.31. The van der Waals surface area contributed by atoms with E-state index >= 15 is 0 Å². The number of rotatable bonds is 10. The molecule has 0 fully saturated rings. The molecule has 0 heterocycles. The van der Waals surface area contributed by atoms with Gasteiger partial charge in [-0.25, -0.2) is 0 Å². The summed E-state index contributed by atoms with van der Waals surface area (Å²) in [7, 11) is 3.89. The van der Waals surface area contributed by atoms with E-state index < -0.39 is 0 Å². The van der Waals surface area contributed by atoms with E-state index in [1.165, 1.54) is 24.8 Å². The molecule has 1 aromatic carbocycles. The zero-order valence-electron chi connectivity index (χ0n) is 13.5. The third-order valence-corrected chi connectivity index (χ3v) is 3.38. The number of unbranched alkanes of at least 4 members (excludes halogenated alkanes) is 2. The second-order valence-electron chi connectivity index (χ2n) is 5.76. The largest absolute Gasteiger partial charge is 0.497 e. The highest BCUT2D eigenvalue weighted by atomic mass is 16.5. The van der Waals surface area contributed by atoms with Crippen LogP contribution in [0.15, 0.2) is 24.3 Å². The quantitative estimate of drug-likeness (QED) is 0.665. The monoisotopic (exact) mass is 278 g/mol. The molecule has 1 aromatic rings. The van der Waals surface area contributed by atoms with Gasteiger partial charge in [0.15, 0.2) is 0 Å². The van der Waals surface area contributed by atoms with Gasteiger partial charge in [0.1, 0.15) is 5.75 Å². The third kappa shape index (κ3) is 7.51. The maximum absolute atomic E-state index is 5.17. The molecule has 0 spiro atoms. The Labute approximate surface area is 124 Å². The highest BCUT2D eigenvalue weighted by Crippen LogP contribution is 2.12. The zero-order valence-corrected chi connectivity index (χ0v) is 13.5. The summed E-state index contributed by atoms with van der Waals surface area (Å²) >= 11 is 0. The summed E-state index contributed by atoms with van der Waals surface area (Å²) < 4.78 is 5.17. The average molecular weight is 278 g/mol. The van der Waals surface area contributed by atoms with Crippen molar-refractivity contribution >= 4 is 0 Å². The van der Waals surface area contributed by atoms with Gasteiger partial charge in [-0.05, 0) is 50.7 Å². The topological polar surface area (TPSA) is 24.5 Å². The van der Waals surface area contributed by atoms with Crippen molar-refractivity contribution in [3.63, 3.8) is 0 Å². The van der Waals surface area contributed by atoms with Gasteiger partial charge in [-0.2, -0.15) is 0 Å². The first-order valence-corrected chi connectivity index (χ1v) is 7.66. The zero-order chi connectivity index (χ0) is 14.8. The Morgan fingerprint density at radius 3 is 2.40 bits per heavy atom. The van der Waals surface area contributed by atoms with Crippen molar-refractivity contribution in [2.75, 3.05) is 27.2 Å². The molecule has 0 saturated heterocycles. The first-order chi connectivity index (χ1) is 9.61. The molecule has 0 aromatic heterocycles. The van der Waals surface area contributed by atoms with Crippen LogP contribution in [0.1, 0.15) is 38.7 Å². The normalized spacial score (nSPS) is 11.3. The lowest BCUT2D eigenvalue weighted by molar-refractivity contribution is 0.316. The number of ether oxygens (including phenoxy) is 1. The smallest absolute Gasteiger partial charge is 0.118 e. The van der Waals surface area contributed by atoms with E-state index in [1.807, 2.05) is 12.1 Å². The van der Waals surface area contributed by atoms with Gasteiger partial charge >= 0.3 is 0 Å². The SMILES string of the molecule is COc1ccc(CN(C)CCCCCNC(C)C)cc1. The van der Waals surface area contributed by atoms with Gasteiger partial charge in [0.25, 0.3) is 0 Å². The van der Waals surface area contributed by atoms with E-state index in [2.05, 4.69) is 43.2 Å². The summed E-state index contributed by atoms with van der Waals surface area (Å²) in [6.45, 7) is 7.70. The van der Waals surface area contributed by atoms with Crippen molar-refractivity contribution in [3.8, 4) is 5.75 Å². The summed E-state index contributed by atoms with van der Waals surface area (Å²) in [6, 6.07) is 8.94. The maximum atomic E-state index is 5.17. The molecule has 3 heteroatoms. The van der Waals surface area contributed by atoms with Crippen molar-refractivity contribution in [2.45, 2.75) is 45.7 Å². The van der Waals surface area contributed by atoms with Crippen molar-refractivity contribution in [3.05, 3.63) is 29.8 Å². The van der Waals surface area contributed by atoms with Gasteiger partial charge in [0.05, 0.1) is 7.11 Å². The van der Waals surface area contributed by atoms with Crippen LogP contribution < -0.4 is 10.1 Å². The Hall–Kier alpha value is -1.06. The summed E-state index contributed by atoms with van der Waals surface area (Å²) in [5.74, 6) is 0.925. The highest BCUT2D eigenvalue weighted by molar-refractivity contribution is 5.26. The molecule has 0 aliphatic heterocycles. The van der Waals surface area contributed by atoms with Crippen molar-refractivity contribution in [2.24, 2.45) is 0 Å². The van der Waals surface area contributed by atoms with Crippen LogP contribution >= 0.6 is 0 Å². The lowest BCUT2D eigenvalue weighted by Gasteiger charge is -2.17. The highest BCUT2D eigenvalue weighted by Gasteiger charge is 2.01. The molecular formula is C17H30N2O. The maximum Gasteiger partial charge on any atom is 0.118 e. The van der Waals surface area contributed by atoms with E-state index in [-0.39, 0.29) is 0 Å². The molecule has 0 unspecified atom stereocenters. The van der Waals surface area contributed by atoms with Crippen LogP contribution in [-0.2, 0) is 6.54 Å². The second-order valence-corrected chi connectivity index (χ2v) is 5.76. The minimum Gasteiger partial charge on any atom is -0.497 e. The fourth-order valence-corrected chi connectivity index (χ4v) is 2.20. The van der Waals surface area contributed by atoms with Gasteiger partial charge < -0.3 is 15.0 Å². The molecule has 114 valence electrons. The van der Waals surface area contributed by atoms with Crippen LogP contribution in [0, 0.1) is 0 Å². The lowest BCUT2D eigenvalue weighted by atomic mass is 10.2. The molecule has 0 amide bonds. The van der Waals surface area contributed by atoms with Crippen LogP contribution in [0.3, 0.4) is 0 Å². The number of hydrogen-bond donors (Lipinski definition) is 1. The molecule has 3 nitrogen and oxygen atoms in total. The molecule has 1 rings (SSSR count). The van der Waals surface area contributed by atoms with Crippen LogP contribution in [0.4, 0.5) is 0 Å². The summed E-state index contributed by atoms with van der Waals surface area (Å²) in [4.78, 5) is 2.39. The average Bonchev–Trinajstić information content (AvgIpc) is 2.43. The Balaban J connectivity index is 2.11. The molecule has 0 aliphatic carbocycles. The van der Waals surface area contributed by atoms with Gasteiger partial charge in [0, 0.05) is 12.6 Å². The summed E-state index contributed by atoms with van der Waals surface area (Å²) in [6.07, 6.45) is 3.84. The van der Waals surface area contributed by atoms with Crippen molar-refractivity contribution < 1.29 is 4.74 Å². The molecule has 0 aliphatic rings. The predicted octanol–water partition coefficient (Wildman–Crippen LogP) is 3.30. The third-order valence-electron chi connectivity index (χ3n) is 3.38. The van der Waals surface area contributed by atoms with Crippen LogP contribution in [-0.4, -0.2) is 38.2 Å². The van der Waals surface area contributed by atoms with Gasteiger partial charge in [-0.3, -0.25) is 0 Å². The van der Waals surface area contributed by atoms with Crippen LogP contribution in [0.5, 0.6) is 5.75 Å². The molecule has 20 heavy (non-hydrogen) atoms. The number of hydrogen-bond acceptors (Lipinski definition) is 3. The van der Waals surface area contributed by atoms with Gasteiger partial charge in [-0.15, -0.1) is 0 Å². The first-order valence-electron chi connectivity index (χ1n) is 7.66. The molecular weight excluding hydrogens is 248 g/mol. The van der Waals surface area contributed by atoms with E-state index in [1.54, 1.807) is 7.11 Å². The van der Waals surface area contributed by atoms with Crippen LogP contribution in [0.2, 0.25) is 0 Å². The summed E-state index contributed by atoms with van der Waals surface area (Å²) in [5.41, 5.74) is 1.34. The van der Waals surface area contributed by atoms with E-state index in [0.29, 0.717) is 6.04 Å². The molecule has 1 N–H and O–H groups in total. The first kappa shape index (κ1) is 17.0. The fourth-order valence-electron chi connectivity index (χ4n) is 2.20. The summed E-state index contributed by atoms with van der Waals surface area (Å²) in [5, 5.41) is 3.46. The van der Waals surface area contributed by atoms with Crippen molar-refractivity contribution in [1.82, 2.24) is 10.2 Å². The predicted molar refractivity (Wildman–Crippen MR) is 86.3 cm³/mol. The minimum absolute atomic E-state index is 0.604. The Morgan fingerprint density at radius 2 is 1.80 bits per heavy atom. The standard InChI is InChI=1S/C17H30N2O/c1-15(2)18-12-6-5-7-13-19(3)14-16-8-10-17(20-4)11-9-16/h8-11,15,18H,5-7,12-14H2,1-4H3. The Morgan fingerprint density at radius 1 is 1.10 bits per heavy atom. The fraction of sp³-hybridized carbons (Fsp3) is 0.647. The number of methoxy groups -OCH3 is 1. The van der Waals surface area contributed by atoms with E-state index in [9.17, 15) is 0 Å². The van der Waals surface area contributed by atoms with E-state index in [0.717, 1.165) is 25.4 Å². The molecule has 0 bridgehead atoms. The van der Waals surface area contributed by atoms with E-state index in [4.69, 9.17) is 4.74 Å². The van der Waals surface area contributed by atoms with Gasteiger partial charge in [0.2, 0.25) is 0 Å². The van der Waals surface area contributed by atoms with Crippen LogP contribution in [0.25, 0.3) is 0 Å².